The number of H-pyrrole nitrogens is 2. The fourth-order valence-corrected chi connectivity index (χ4v) is 5.94. The second-order valence-electron chi connectivity index (χ2n) is 11.0. The van der Waals surface area contributed by atoms with Crippen molar-refractivity contribution in [2.45, 2.75) is 49.9 Å². The minimum absolute atomic E-state index is 0. The standard InChI is InChI=1S/2C17H19N4O3.La/c1-23-24-12-20-15(13-6-3-2-4-7-13)17(22)21-11-5-8-14(21)16-18-9-10-19-16;1-24-17(23)20-14(12-6-3-2-4-7-12)16(22)21-11-5-8-13(21)15-18-9-10-19-15;/h2-4,6-7,9,12,14-15H,5,8,11H2,1H3,(H,18,19);2-4,6-7,9,13-14H,5,8,11H2,1H3,(H,18,19)(H,20,23);/q2*-1;/t14-,15-;13-,14+;/m00./s1. The molecule has 49 heavy (non-hydrogen) atoms. The van der Waals surface area contributed by atoms with Crippen LogP contribution in [0.4, 0.5) is 4.79 Å². The molecule has 14 nitrogen and oxygen atoms in total. The number of alkyl carbamates (subject to hydrolysis) is 1. The molecule has 2 fully saturated rings. The summed E-state index contributed by atoms with van der Waals surface area (Å²) in [6.45, 7) is 1.30. The number of hydrogen-bond acceptors (Lipinski definition) is 9. The third-order valence-corrected chi connectivity index (χ3v) is 8.17. The maximum atomic E-state index is 13.1. The summed E-state index contributed by atoms with van der Waals surface area (Å²) < 4.78 is 4.67. The third kappa shape index (κ3) is 9.66. The fourth-order valence-electron chi connectivity index (χ4n) is 5.94. The molecule has 3 amide bonds. The Morgan fingerprint density at radius 2 is 1.39 bits per heavy atom. The summed E-state index contributed by atoms with van der Waals surface area (Å²) >= 11 is 0. The van der Waals surface area contributed by atoms with Crippen molar-refractivity contribution in [2.24, 2.45) is 4.99 Å². The van der Waals surface area contributed by atoms with Gasteiger partial charge in [0.1, 0.15) is 6.04 Å². The summed E-state index contributed by atoms with van der Waals surface area (Å²) in [5.74, 6) is 1.21. The summed E-state index contributed by atoms with van der Waals surface area (Å²) in [4.78, 5) is 69.4. The van der Waals surface area contributed by atoms with Gasteiger partial charge in [-0.3, -0.25) is 9.59 Å². The fraction of sp³-hybridized carbons (Fsp3) is 0.353. The normalized spacial score (nSPS) is 18.2. The van der Waals surface area contributed by atoms with E-state index in [0.29, 0.717) is 24.5 Å². The van der Waals surface area contributed by atoms with Gasteiger partial charge < -0.3 is 44.7 Å². The molecule has 2 aromatic carbocycles. The number of carbonyl (C=O) groups excluding carboxylic acids is 3. The van der Waals surface area contributed by atoms with Crippen molar-refractivity contribution in [1.82, 2.24) is 35.1 Å². The molecule has 4 aromatic rings. The van der Waals surface area contributed by atoms with Crippen LogP contribution < -0.4 is 5.32 Å². The molecule has 4 heterocycles. The molecule has 0 spiro atoms. The van der Waals surface area contributed by atoms with Crippen molar-refractivity contribution < 1.29 is 64.5 Å². The van der Waals surface area contributed by atoms with Crippen LogP contribution in [0.1, 0.15) is 72.6 Å². The summed E-state index contributed by atoms with van der Waals surface area (Å²) in [7, 11) is 2.66. The van der Waals surface area contributed by atoms with E-state index in [1.54, 1.807) is 17.3 Å². The molecule has 1 radical (unpaired) electrons. The van der Waals surface area contributed by atoms with Gasteiger partial charge in [-0.1, -0.05) is 73.1 Å². The molecule has 0 bridgehead atoms. The van der Waals surface area contributed by atoms with Crippen molar-refractivity contribution in [3.05, 3.63) is 108 Å². The van der Waals surface area contributed by atoms with Gasteiger partial charge in [0.25, 0.3) is 5.91 Å². The zero-order valence-electron chi connectivity index (χ0n) is 27.3. The van der Waals surface area contributed by atoms with E-state index in [9.17, 15) is 14.4 Å². The first-order valence-electron chi connectivity index (χ1n) is 15.6. The number of imidazole rings is 2. The average Bonchev–Trinajstić information content (AvgIpc) is 3.97. The molecule has 2 aliphatic rings. The number of nitrogens with zero attached hydrogens (tertiary/aromatic N) is 5. The molecule has 4 atom stereocenters. The summed E-state index contributed by atoms with van der Waals surface area (Å²) in [6.07, 6.45) is 12.8. The van der Waals surface area contributed by atoms with Crippen LogP contribution in [-0.4, -0.2) is 81.4 Å². The number of carbonyl (C=O) groups is 3. The van der Waals surface area contributed by atoms with E-state index in [4.69, 9.17) is 4.89 Å². The number of aliphatic imine (C=N–C) groups is 1. The van der Waals surface area contributed by atoms with Crippen LogP contribution >= 0.6 is 0 Å². The maximum absolute atomic E-state index is 13.1. The molecule has 2 saturated heterocycles. The van der Waals surface area contributed by atoms with Gasteiger partial charge in [-0.25, -0.2) is 9.79 Å². The molecule has 2 aliphatic heterocycles. The predicted octanol–water partition coefficient (Wildman–Crippen LogP) is 4.19. The van der Waals surface area contributed by atoms with Crippen molar-refractivity contribution in [3.8, 4) is 0 Å². The monoisotopic (exact) mass is 793 g/mol. The molecular formula is C34H38LaN8O6-2. The molecule has 0 aliphatic carbocycles. The van der Waals surface area contributed by atoms with E-state index < -0.39 is 18.2 Å². The summed E-state index contributed by atoms with van der Waals surface area (Å²) in [5.41, 5.74) is 1.51. The molecule has 2 aromatic heterocycles. The number of amides is 3. The Labute approximate surface area is 312 Å². The molecule has 3 N–H and O–H groups in total. The van der Waals surface area contributed by atoms with Crippen molar-refractivity contribution in [3.63, 3.8) is 0 Å². The van der Waals surface area contributed by atoms with E-state index in [0.717, 1.165) is 43.5 Å². The quantitative estimate of drug-likeness (QED) is 0.0707. The van der Waals surface area contributed by atoms with Gasteiger partial charge in [0.15, 0.2) is 6.04 Å². The molecule has 0 saturated carbocycles. The van der Waals surface area contributed by atoms with Crippen molar-refractivity contribution in [1.29, 1.82) is 0 Å². The number of nitrogens with one attached hydrogen (secondary N) is 3. The smallest absolute Gasteiger partial charge is 0.407 e. The van der Waals surface area contributed by atoms with Gasteiger partial charge >= 0.3 is 6.09 Å². The van der Waals surface area contributed by atoms with Gasteiger partial charge in [0.05, 0.1) is 14.2 Å². The van der Waals surface area contributed by atoms with Gasteiger partial charge in [-0.05, 0) is 48.5 Å². The van der Waals surface area contributed by atoms with Crippen molar-refractivity contribution >= 4 is 24.3 Å². The van der Waals surface area contributed by atoms with E-state index in [2.05, 4.69) is 52.3 Å². The van der Waals surface area contributed by atoms with E-state index in [-0.39, 0.29) is 59.5 Å². The van der Waals surface area contributed by atoms with Crippen LogP contribution in [0.15, 0.2) is 78.0 Å². The number of aromatic amines is 2. The number of ether oxygens (including phenoxy) is 1. The molecule has 15 heteroatoms. The predicted molar refractivity (Wildman–Crippen MR) is 173 cm³/mol. The number of likely N-dealkylation sites (tertiary alicyclic amines) is 2. The van der Waals surface area contributed by atoms with Gasteiger partial charge in [0.2, 0.25) is 12.3 Å². The average molecular weight is 794 g/mol. The van der Waals surface area contributed by atoms with Gasteiger partial charge in [-0.15, -0.1) is 12.4 Å². The Morgan fingerprint density at radius 1 is 0.857 bits per heavy atom. The first-order chi connectivity index (χ1) is 23.5. The first-order valence-corrected chi connectivity index (χ1v) is 15.6. The van der Waals surface area contributed by atoms with Crippen LogP contribution in [0.2, 0.25) is 0 Å². The minimum atomic E-state index is -0.793. The summed E-state index contributed by atoms with van der Waals surface area (Å²) in [5, 5.41) is 2.63. The molecule has 0 unspecified atom stereocenters. The van der Waals surface area contributed by atoms with Gasteiger partial charge in [0, 0.05) is 60.8 Å². The van der Waals surface area contributed by atoms with Crippen LogP contribution in [0.5, 0.6) is 0 Å². The first kappa shape index (κ1) is 37.5. The molecule has 255 valence electrons. The number of benzene rings is 2. The summed E-state index contributed by atoms with van der Waals surface area (Å²) in [6, 6.07) is 16.9. The van der Waals surface area contributed by atoms with Crippen LogP contribution in [0.3, 0.4) is 0 Å². The number of rotatable bonds is 10. The molecular weight excluding hydrogens is 755 g/mol. The SMILES string of the molecule is COC(=O)N[C@@H](C(=O)N1CCC[C@H]1c1n[c-]c[nH]1)c1ccccc1.COOC=N[C@H](C(=O)N1CCC[C@H]1c1n[c-]c[nH]1)c1ccccc1.[La]. The van der Waals surface area contributed by atoms with Gasteiger partial charge in [-0.2, -0.15) is 4.89 Å². The largest absolute Gasteiger partial charge is 0.453 e. The number of aromatic nitrogens is 4. The van der Waals surface area contributed by atoms with E-state index in [1.165, 1.54) is 14.2 Å². The zero-order chi connectivity index (χ0) is 33.7. The second kappa shape index (κ2) is 19.0. The Bertz CT molecular complexity index is 1610. The number of methoxy groups -OCH3 is 1. The van der Waals surface area contributed by atoms with Crippen LogP contribution in [0.25, 0.3) is 0 Å². The Hall–Kier alpha value is -4.31. The second-order valence-corrected chi connectivity index (χ2v) is 11.0. The maximum Gasteiger partial charge on any atom is 0.407 e. The Kier molecular flexibility index (Phi) is 14.6. The zero-order valence-corrected chi connectivity index (χ0v) is 30.9. The van der Waals surface area contributed by atoms with Crippen LogP contribution in [-0.2, 0) is 24.1 Å². The topological polar surface area (TPSA) is 167 Å². The van der Waals surface area contributed by atoms with E-state index in [1.807, 2.05) is 65.6 Å². The Balaban J connectivity index is 0.000000216. The van der Waals surface area contributed by atoms with E-state index >= 15 is 0 Å². The third-order valence-electron chi connectivity index (χ3n) is 8.17. The Morgan fingerprint density at radius 3 is 1.88 bits per heavy atom. The number of hydrogen-bond donors (Lipinski definition) is 3. The molecule has 6 rings (SSSR count). The van der Waals surface area contributed by atoms with Crippen molar-refractivity contribution in [2.75, 3.05) is 27.3 Å². The van der Waals surface area contributed by atoms with Crippen LogP contribution in [0, 0.1) is 48.0 Å². The minimum Gasteiger partial charge on any atom is -0.453 e.